The Morgan fingerprint density at radius 1 is 0.955 bits per heavy atom. The average molecular weight is 297 g/mol. The molecule has 1 heteroatoms. The maximum absolute atomic E-state index is 9.59. The number of nitriles is 1. The molecule has 1 atom stereocenters. The first-order chi connectivity index (χ1) is 10.4. The molecule has 0 heterocycles. The molecule has 0 fully saturated rings. The molecule has 0 radical (unpaired) electrons. The van der Waals surface area contributed by atoms with E-state index in [1.807, 2.05) is 0 Å². The summed E-state index contributed by atoms with van der Waals surface area (Å²) in [6, 6.07) is 2.52. The van der Waals surface area contributed by atoms with E-state index in [0.717, 1.165) is 32.1 Å². The van der Waals surface area contributed by atoms with E-state index in [4.69, 9.17) is 0 Å². The Kier molecular flexibility index (Phi) is 7.96. The Morgan fingerprint density at radius 3 is 2.14 bits per heavy atom. The third-order valence-electron chi connectivity index (χ3n) is 4.37. The van der Waals surface area contributed by atoms with Crippen LogP contribution in [0.5, 0.6) is 0 Å². The van der Waals surface area contributed by atoms with Crippen LogP contribution in [0.2, 0.25) is 0 Å². The Balaban J connectivity index is 3.11. The standard InChI is InChI=1S/C21H31N/c1-16(2)21-13-12-18(4)10-6-8-17(3)9-7-11-19(5)14-20(21)15-22/h8,11-13,16,20H,6-7,9-10,14H2,1-5H3. The van der Waals surface area contributed by atoms with Crippen molar-refractivity contribution in [2.45, 2.75) is 66.7 Å². The summed E-state index contributed by atoms with van der Waals surface area (Å²) in [6.07, 6.45) is 14.4. The molecule has 1 aliphatic carbocycles. The van der Waals surface area contributed by atoms with Crippen LogP contribution >= 0.6 is 0 Å². The van der Waals surface area contributed by atoms with E-state index in [2.05, 4.69) is 65.0 Å². The molecule has 0 aromatic carbocycles. The van der Waals surface area contributed by atoms with Crippen molar-refractivity contribution in [1.29, 1.82) is 5.26 Å². The summed E-state index contributed by atoms with van der Waals surface area (Å²) < 4.78 is 0. The van der Waals surface area contributed by atoms with Gasteiger partial charge in [-0.1, -0.05) is 60.4 Å². The van der Waals surface area contributed by atoms with Crippen molar-refractivity contribution >= 4 is 0 Å². The van der Waals surface area contributed by atoms with Gasteiger partial charge in [-0.3, -0.25) is 0 Å². The molecular weight excluding hydrogens is 266 g/mol. The van der Waals surface area contributed by atoms with E-state index in [1.54, 1.807) is 0 Å². The van der Waals surface area contributed by atoms with Gasteiger partial charge in [-0.2, -0.15) is 5.26 Å². The van der Waals surface area contributed by atoms with Gasteiger partial charge >= 0.3 is 0 Å². The molecule has 1 aliphatic rings. The van der Waals surface area contributed by atoms with Crippen molar-refractivity contribution in [3.8, 4) is 6.07 Å². The van der Waals surface area contributed by atoms with Crippen LogP contribution < -0.4 is 0 Å². The Labute approximate surface area is 137 Å². The zero-order chi connectivity index (χ0) is 16.5. The normalized spacial score (nSPS) is 22.0. The van der Waals surface area contributed by atoms with Crippen molar-refractivity contribution in [2.75, 3.05) is 0 Å². The largest absolute Gasteiger partial charge is 0.198 e. The second kappa shape index (κ2) is 9.46. The van der Waals surface area contributed by atoms with Crippen molar-refractivity contribution in [3.63, 3.8) is 0 Å². The van der Waals surface area contributed by atoms with Gasteiger partial charge < -0.3 is 0 Å². The number of nitrogens with zero attached hydrogens (tertiary/aromatic N) is 1. The van der Waals surface area contributed by atoms with E-state index >= 15 is 0 Å². The number of allylic oxidation sites excluding steroid dienone is 8. The summed E-state index contributed by atoms with van der Waals surface area (Å²) >= 11 is 0. The number of hydrogen-bond donors (Lipinski definition) is 0. The minimum atomic E-state index is -0.000111. The highest BCUT2D eigenvalue weighted by Crippen LogP contribution is 2.27. The maximum Gasteiger partial charge on any atom is 0.0715 e. The number of hydrogen-bond acceptors (Lipinski definition) is 1. The van der Waals surface area contributed by atoms with Crippen molar-refractivity contribution in [2.24, 2.45) is 11.8 Å². The van der Waals surface area contributed by atoms with E-state index in [0.29, 0.717) is 5.92 Å². The summed E-state index contributed by atoms with van der Waals surface area (Å²) in [5, 5.41) is 9.59. The smallest absolute Gasteiger partial charge is 0.0715 e. The summed E-state index contributed by atoms with van der Waals surface area (Å²) in [7, 11) is 0. The van der Waals surface area contributed by atoms with Gasteiger partial charge in [0.15, 0.2) is 0 Å². The van der Waals surface area contributed by atoms with Crippen molar-refractivity contribution < 1.29 is 0 Å². The van der Waals surface area contributed by atoms with Crippen LogP contribution in [0.4, 0.5) is 0 Å². The lowest BCUT2D eigenvalue weighted by Gasteiger charge is -2.18. The molecule has 1 rings (SSSR count). The highest BCUT2D eigenvalue weighted by Gasteiger charge is 2.16. The second-order valence-corrected chi connectivity index (χ2v) is 6.90. The topological polar surface area (TPSA) is 23.8 Å². The SMILES string of the molecule is CC1=CC=C(C(C)C)C(C#N)CC(C)=CCCC(C)=CCC1. The van der Waals surface area contributed by atoms with Gasteiger partial charge in [-0.25, -0.2) is 0 Å². The molecule has 0 saturated carbocycles. The fourth-order valence-electron chi connectivity index (χ4n) is 2.87. The van der Waals surface area contributed by atoms with Gasteiger partial charge in [0, 0.05) is 0 Å². The molecule has 1 nitrogen and oxygen atoms in total. The molecule has 0 aromatic rings. The fraction of sp³-hybridized carbons (Fsp3) is 0.571. The highest BCUT2D eigenvalue weighted by atomic mass is 14.3. The molecule has 1 unspecified atom stereocenters. The molecule has 22 heavy (non-hydrogen) atoms. The van der Waals surface area contributed by atoms with Crippen molar-refractivity contribution in [1.82, 2.24) is 0 Å². The lowest BCUT2D eigenvalue weighted by Crippen LogP contribution is -2.08. The quantitative estimate of drug-likeness (QED) is 0.506. The summed E-state index contributed by atoms with van der Waals surface area (Å²) in [4.78, 5) is 0. The molecule has 0 spiro atoms. The Bertz CT molecular complexity index is 521. The molecule has 0 saturated heterocycles. The van der Waals surface area contributed by atoms with Crippen LogP contribution in [0.1, 0.15) is 66.7 Å². The van der Waals surface area contributed by atoms with Gasteiger partial charge in [0.05, 0.1) is 12.0 Å². The maximum atomic E-state index is 9.59. The van der Waals surface area contributed by atoms with Crippen LogP contribution in [0, 0.1) is 23.2 Å². The molecule has 0 aliphatic heterocycles. The van der Waals surface area contributed by atoms with Gasteiger partial charge in [-0.05, 0) is 58.8 Å². The third kappa shape index (κ3) is 6.48. The average Bonchev–Trinajstić information content (AvgIpc) is 2.45. The van der Waals surface area contributed by atoms with Crippen LogP contribution in [-0.2, 0) is 0 Å². The molecular formula is C21H31N. The monoisotopic (exact) mass is 297 g/mol. The van der Waals surface area contributed by atoms with Gasteiger partial charge in [-0.15, -0.1) is 0 Å². The van der Waals surface area contributed by atoms with Gasteiger partial charge in [0.2, 0.25) is 0 Å². The summed E-state index contributed by atoms with van der Waals surface area (Å²) in [5.41, 5.74) is 5.47. The first-order valence-electron chi connectivity index (χ1n) is 8.52. The Morgan fingerprint density at radius 2 is 1.55 bits per heavy atom. The first-order valence-corrected chi connectivity index (χ1v) is 8.52. The Hall–Kier alpha value is -1.55. The minimum absolute atomic E-state index is 0.000111. The molecule has 0 aromatic heterocycles. The van der Waals surface area contributed by atoms with E-state index in [-0.39, 0.29) is 5.92 Å². The van der Waals surface area contributed by atoms with Crippen molar-refractivity contribution in [3.05, 3.63) is 46.6 Å². The second-order valence-electron chi connectivity index (χ2n) is 6.90. The van der Waals surface area contributed by atoms with E-state index < -0.39 is 0 Å². The lowest BCUT2D eigenvalue weighted by atomic mass is 9.85. The van der Waals surface area contributed by atoms with Crippen LogP contribution in [0.25, 0.3) is 0 Å². The molecule has 0 amide bonds. The predicted molar refractivity (Wildman–Crippen MR) is 96.4 cm³/mol. The van der Waals surface area contributed by atoms with Crippen LogP contribution in [0.15, 0.2) is 46.6 Å². The molecule has 0 bridgehead atoms. The zero-order valence-electron chi connectivity index (χ0n) is 14.9. The predicted octanol–water partition coefficient (Wildman–Crippen LogP) is 6.51. The molecule has 120 valence electrons. The molecule has 0 N–H and O–H groups in total. The third-order valence-corrected chi connectivity index (χ3v) is 4.37. The lowest BCUT2D eigenvalue weighted by molar-refractivity contribution is 0.629. The van der Waals surface area contributed by atoms with Gasteiger partial charge in [0.1, 0.15) is 0 Å². The van der Waals surface area contributed by atoms with E-state index in [1.165, 1.54) is 22.3 Å². The fourth-order valence-corrected chi connectivity index (χ4v) is 2.87. The number of rotatable bonds is 1. The van der Waals surface area contributed by atoms with Gasteiger partial charge in [0.25, 0.3) is 0 Å². The summed E-state index contributed by atoms with van der Waals surface area (Å²) in [5.74, 6) is 0.413. The summed E-state index contributed by atoms with van der Waals surface area (Å²) in [6.45, 7) is 11.0. The van der Waals surface area contributed by atoms with Crippen LogP contribution in [0.3, 0.4) is 0 Å². The highest BCUT2D eigenvalue weighted by molar-refractivity contribution is 5.26. The zero-order valence-corrected chi connectivity index (χ0v) is 14.9. The first kappa shape index (κ1) is 18.5. The van der Waals surface area contributed by atoms with E-state index in [9.17, 15) is 5.26 Å². The van der Waals surface area contributed by atoms with Crippen LogP contribution in [-0.4, -0.2) is 0 Å². The minimum Gasteiger partial charge on any atom is -0.198 e.